The van der Waals surface area contributed by atoms with Gasteiger partial charge in [-0.3, -0.25) is 19.4 Å². The molecule has 1 aliphatic heterocycles. The summed E-state index contributed by atoms with van der Waals surface area (Å²) in [4.78, 5) is 28.4. The van der Waals surface area contributed by atoms with Crippen molar-refractivity contribution in [2.75, 3.05) is 45.8 Å². The van der Waals surface area contributed by atoms with Crippen LogP contribution in [0.15, 0.2) is 47.1 Å². The van der Waals surface area contributed by atoms with Crippen molar-refractivity contribution in [3.05, 3.63) is 48.5 Å². The van der Waals surface area contributed by atoms with Gasteiger partial charge in [0, 0.05) is 51.7 Å². The van der Waals surface area contributed by atoms with Crippen LogP contribution in [0.1, 0.15) is 12.2 Å². The monoisotopic (exact) mass is 372 g/mol. The zero-order valence-electron chi connectivity index (χ0n) is 15.6. The molecule has 0 aromatic carbocycles. The molecule has 1 aliphatic carbocycles. The van der Waals surface area contributed by atoms with Gasteiger partial charge in [-0.05, 0) is 12.1 Å². The second-order valence-corrected chi connectivity index (χ2v) is 6.97. The zero-order chi connectivity index (χ0) is 18.9. The fraction of sp³-hybridized carbons (Fsp3) is 0.500. The van der Waals surface area contributed by atoms with E-state index in [1.54, 1.807) is 6.26 Å². The van der Waals surface area contributed by atoms with Gasteiger partial charge in [-0.25, -0.2) is 0 Å². The summed E-state index contributed by atoms with van der Waals surface area (Å²) >= 11 is 0. The molecule has 2 amide bonds. The van der Waals surface area contributed by atoms with Gasteiger partial charge >= 0.3 is 0 Å². The summed E-state index contributed by atoms with van der Waals surface area (Å²) < 4.78 is 5.48. The molecule has 0 saturated carbocycles. The first kappa shape index (κ1) is 19.4. The Kier molecular flexibility index (Phi) is 7.24. The first-order valence-electron chi connectivity index (χ1n) is 9.54. The maximum Gasteiger partial charge on any atom is 0.229 e. The Morgan fingerprint density at radius 1 is 0.963 bits per heavy atom. The van der Waals surface area contributed by atoms with Crippen LogP contribution < -0.4 is 10.6 Å². The van der Waals surface area contributed by atoms with E-state index >= 15 is 0 Å². The predicted octanol–water partition coefficient (Wildman–Crippen LogP) is 0.762. The third-order valence-electron chi connectivity index (χ3n) is 4.81. The highest BCUT2D eigenvalue weighted by Gasteiger charge is 2.17. The van der Waals surface area contributed by atoms with Crippen LogP contribution in [-0.4, -0.2) is 67.4 Å². The van der Waals surface area contributed by atoms with E-state index in [0.717, 1.165) is 31.9 Å². The van der Waals surface area contributed by atoms with E-state index in [9.17, 15) is 9.59 Å². The quantitative estimate of drug-likeness (QED) is 0.763. The van der Waals surface area contributed by atoms with E-state index in [2.05, 4.69) is 44.7 Å². The van der Waals surface area contributed by atoms with E-state index in [4.69, 9.17) is 4.42 Å². The summed E-state index contributed by atoms with van der Waals surface area (Å²) in [7, 11) is 0. The Morgan fingerprint density at radius 3 is 2.30 bits per heavy atom. The van der Waals surface area contributed by atoms with E-state index in [1.807, 2.05) is 12.1 Å². The molecular weight excluding hydrogens is 344 g/mol. The summed E-state index contributed by atoms with van der Waals surface area (Å²) in [5, 5.41) is 5.67. The van der Waals surface area contributed by atoms with Gasteiger partial charge in [0.1, 0.15) is 12.2 Å². The van der Waals surface area contributed by atoms with E-state index in [1.165, 1.54) is 0 Å². The van der Waals surface area contributed by atoms with Crippen LogP contribution in [0.2, 0.25) is 0 Å². The average Bonchev–Trinajstić information content (AvgIpc) is 3.32. The molecule has 7 nitrogen and oxygen atoms in total. The van der Waals surface area contributed by atoms with Crippen LogP contribution in [0.4, 0.5) is 0 Å². The second-order valence-electron chi connectivity index (χ2n) is 6.97. The first-order valence-corrected chi connectivity index (χ1v) is 9.54. The standard InChI is InChI=1S/C20H28N4O3/c25-19-14-20(26)22-8-10-24(16-18-6-3-13-27-18)12-11-23(9-7-21-19)15-17-4-1-2-5-17/h1-6,13,17H,7-12,14-16H2,(H,21,25)(H,22,26). The lowest BCUT2D eigenvalue weighted by molar-refractivity contribution is -0.129. The molecule has 2 aliphatic rings. The van der Waals surface area contributed by atoms with Gasteiger partial charge in [0.15, 0.2) is 0 Å². The highest BCUT2D eigenvalue weighted by atomic mass is 16.3. The van der Waals surface area contributed by atoms with Crippen LogP contribution >= 0.6 is 0 Å². The van der Waals surface area contributed by atoms with Crippen LogP contribution in [0.3, 0.4) is 0 Å². The van der Waals surface area contributed by atoms with Crippen LogP contribution in [0.5, 0.6) is 0 Å². The van der Waals surface area contributed by atoms with Crippen molar-refractivity contribution in [3.63, 3.8) is 0 Å². The van der Waals surface area contributed by atoms with Crippen molar-refractivity contribution < 1.29 is 14.0 Å². The Morgan fingerprint density at radius 2 is 1.63 bits per heavy atom. The molecule has 0 spiro atoms. The molecule has 7 heteroatoms. The summed E-state index contributed by atoms with van der Waals surface area (Å²) in [6.07, 6.45) is 10.1. The van der Waals surface area contributed by atoms with E-state index in [0.29, 0.717) is 32.1 Å². The Labute approximate surface area is 160 Å². The van der Waals surface area contributed by atoms with Gasteiger partial charge in [0.05, 0.1) is 12.8 Å². The third-order valence-corrected chi connectivity index (χ3v) is 4.81. The average molecular weight is 372 g/mol. The van der Waals surface area contributed by atoms with Gasteiger partial charge in [-0.1, -0.05) is 24.3 Å². The Bertz CT molecular complexity index is 657. The zero-order valence-corrected chi connectivity index (χ0v) is 15.6. The molecule has 1 aromatic rings. The minimum atomic E-state index is -0.234. The number of rotatable bonds is 4. The number of hydrogen-bond donors (Lipinski definition) is 2. The van der Waals surface area contributed by atoms with Crippen LogP contribution in [0, 0.1) is 5.92 Å². The van der Waals surface area contributed by atoms with Gasteiger partial charge in [0.2, 0.25) is 11.8 Å². The van der Waals surface area contributed by atoms with Crippen molar-refractivity contribution in [3.8, 4) is 0 Å². The van der Waals surface area contributed by atoms with Gasteiger partial charge in [0.25, 0.3) is 0 Å². The lowest BCUT2D eigenvalue weighted by Gasteiger charge is -2.28. The van der Waals surface area contributed by atoms with Gasteiger partial charge < -0.3 is 15.1 Å². The molecule has 2 N–H and O–H groups in total. The van der Waals surface area contributed by atoms with Crippen molar-refractivity contribution in [2.45, 2.75) is 13.0 Å². The number of nitrogens with one attached hydrogen (secondary N) is 2. The number of nitrogens with zero attached hydrogens (tertiary/aromatic N) is 2. The fourth-order valence-corrected chi connectivity index (χ4v) is 3.35. The largest absolute Gasteiger partial charge is 0.468 e. The van der Waals surface area contributed by atoms with Crippen LogP contribution in [0.25, 0.3) is 0 Å². The molecule has 0 radical (unpaired) electrons. The summed E-state index contributed by atoms with van der Waals surface area (Å²) in [5.74, 6) is 0.872. The number of furan rings is 1. The highest BCUT2D eigenvalue weighted by molar-refractivity contribution is 5.96. The summed E-state index contributed by atoms with van der Waals surface area (Å²) in [6.45, 7) is 5.93. The number of hydrogen-bond acceptors (Lipinski definition) is 5. The molecule has 1 fully saturated rings. The number of amides is 2. The number of carbonyl (C=O) groups excluding carboxylic acids is 2. The molecule has 1 saturated heterocycles. The van der Waals surface area contributed by atoms with Crippen molar-refractivity contribution in [2.24, 2.45) is 5.92 Å². The Balaban J connectivity index is 1.63. The summed E-state index contributed by atoms with van der Waals surface area (Å²) in [5.41, 5.74) is 0. The third kappa shape index (κ3) is 6.69. The second kappa shape index (κ2) is 10.1. The van der Waals surface area contributed by atoms with Crippen molar-refractivity contribution in [1.82, 2.24) is 20.4 Å². The van der Waals surface area contributed by atoms with E-state index < -0.39 is 0 Å². The smallest absolute Gasteiger partial charge is 0.229 e. The maximum absolute atomic E-state index is 11.9. The molecule has 27 heavy (non-hydrogen) atoms. The normalized spacial score (nSPS) is 21.3. The minimum Gasteiger partial charge on any atom is -0.468 e. The number of carbonyl (C=O) groups is 2. The highest BCUT2D eigenvalue weighted by Crippen LogP contribution is 2.11. The maximum atomic E-state index is 11.9. The van der Waals surface area contributed by atoms with Crippen molar-refractivity contribution in [1.29, 1.82) is 0 Å². The molecule has 1 aromatic heterocycles. The van der Waals surface area contributed by atoms with Crippen molar-refractivity contribution >= 4 is 11.8 Å². The Hall–Kier alpha value is -2.38. The lowest BCUT2D eigenvalue weighted by Crippen LogP contribution is -2.41. The van der Waals surface area contributed by atoms with Gasteiger partial charge in [-0.15, -0.1) is 0 Å². The van der Waals surface area contributed by atoms with Gasteiger partial charge in [-0.2, -0.15) is 0 Å². The SMILES string of the molecule is O=C1CC(=O)NCCN(CC2C=CC=C2)CCN(Cc2ccco2)CCN1. The van der Waals surface area contributed by atoms with Crippen LogP contribution in [-0.2, 0) is 16.1 Å². The molecule has 3 rings (SSSR count). The summed E-state index contributed by atoms with van der Waals surface area (Å²) in [6, 6.07) is 3.86. The number of allylic oxidation sites excluding steroid dienone is 2. The molecular formula is C20H28N4O3. The lowest BCUT2D eigenvalue weighted by atomic mass is 10.1. The molecule has 0 bridgehead atoms. The fourth-order valence-electron chi connectivity index (χ4n) is 3.35. The molecule has 0 unspecified atom stereocenters. The van der Waals surface area contributed by atoms with E-state index in [-0.39, 0.29) is 18.2 Å². The first-order chi connectivity index (χ1) is 13.2. The molecule has 146 valence electrons. The topological polar surface area (TPSA) is 77.8 Å². The minimum absolute atomic E-state index is 0.119. The molecule has 2 heterocycles. The molecule has 0 atom stereocenters. The predicted molar refractivity (Wildman–Crippen MR) is 103 cm³/mol.